The van der Waals surface area contributed by atoms with Gasteiger partial charge < -0.3 is 0 Å². The molecule has 2 fully saturated rings. The molecule has 0 radical (unpaired) electrons. The number of nitroso groups, excluding NO2 is 2. The molecule has 0 aromatic carbocycles. The predicted octanol–water partition coefficient (Wildman–Crippen LogP) is 6.67. The van der Waals surface area contributed by atoms with Gasteiger partial charge in [0.2, 0.25) is 0 Å². The first kappa shape index (κ1) is 21.5. The molecule has 150 valence electrons. The van der Waals surface area contributed by atoms with Crippen LogP contribution in [0.1, 0.15) is 80.1 Å². The van der Waals surface area contributed by atoms with E-state index in [2.05, 4.69) is 51.9 Å². The normalized spacial score (nSPS) is 38.2. The molecule has 4 heteroatoms. The Kier molecular flexibility index (Phi) is 7.78. The van der Waals surface area contributed by atoms with Crippen LogP contribution >= 0.6 is 0 Å². The van der Waals surface area contributed by atoms with Gasteiger partial charge in [0, 0.05) is 0 Å². The fourth-order valence-corrected chi connectivity index (χ4v) is 6.13. The maximum Gasteiger partial charge on any atom is 0.121 e. The lowest BCUT2D eigenvalue weighted by Gasteiger charge is -2.45. The van der Waals surface area contributed by atoms with Crippen molar-refractivity contribution in [3.8, 4) is 0 Å². The fraction of sp³-hybridized carbons (Fsp3) is 1.00. The second kappa shape index (κ2) is 9.41. The van der Waals surface area contributed by atoms with Crippen LogP contribution in [-0.2, 0) is 0 Å². The summed E-state index contributed by atoms with van der Waals surface area (Å²) >= 11 is 0. The van der Waals surface area contributed by atoms with Crippen LogP contribution < -0.4 is 0 Å². The van der Waals surface area contributed by atoms with Crippen molar-refractivity contribution in [3.63, 3.8) is 0 Å². The van der Waals surface area contributed by atoms with Gasteiger partial charge in [-0.25, -0.2) is 0 Å². The van der Waals surface area contributed by atoms with E-state index in [1.54, 1.807) is 0 Å². The van der Waals surface area contributed by atoms with Gasteiger partial charge in [-0.15, -0.1) is 0 Å². The summed E-state index contributed by atoms with van der Waals surface area (Å²) in [6.07, 6.45) is 6.77. The molecule has 0 saturated heterocycles. The Hall–Kier alpha value is -0.800. The Morgan fingerprint density at radius 3 is 1.23 bits per heavy atom. The maximum absolute atomic E-state index is 12.0. The van der Waals surface area contributed by atoms with Crippen molar-refractivity contribution in [2.45, 2.75) is 92.2 Å². The van der Waals surface area contributed by atoms with E-state index in [0.29, 0.717) is 35.5 Å². The third-order valence-corrected chi connectivity index (χ3v) is 7.62. The first-order chi connectivity index (χ1) is 12.3. The molecule has 0 spiro atoms. The number of rotatable bonds is 7. The molecular formula is C22H40N2O2. The number of hydrogen-bond acceptors (Lipinski definition) is 4. The molecule has 8 unspecified atom stereocenters. The minimum atomic E-state index is -0.445. The average Bonchev–Trinajstić information content (AvgIpc) is 2.58. The van der Waals surface area contributed by atoms with Crippen LogP contribution in [0, 0.1) is 57.2 Å². The van der Waals surface area contributed by atoms with Gasteiger partial charge in [0.15, 0.2) is 0 Å². The van der Waals surface area contributed by atoms with E-state index < -0.39 is 12.1 Å². The molecule has 2 aliphatic rings. The minimum Gasteiger partial charge on any atom is -0.150 e. The molecule has 0 aromatic heterocycles. The van der Waals surface area contributed by atoms with Crippen LogP contribution in [0.2, 0.25) is 0 Å². The van der Waals surface area contributed by atoms with Gasteiger partial charge in [-0.1, -0.05) is 64.7 Å². The molecule has 0 aliphatic heterocycles. The summed E-state index contributed by atoms with van der Waals surface area (Å²) in [5.41, 5.74) is 0. The molecule has 2 aliphatic carbocycles. The quantitative estimate of drug-likeness (QED) is 0.473. The van der Waals surface area contributed by atoms with Crippen LogP contribution in [0.3, 0.4) is 0 Å². The van der Waals surface area contributed by atoms with Gasteiger partial charge in [0.05, 0.1) is 0 Å². The third kappa shape index (κ3) is 4.72. The van der Waals surface area contributed by atoms with Gasteiger partial charge in [-0.3, -0.25) is 0 Å². The van der Waals surface area contributed by atoms with Crippen molar-refractivity contribution in [1.82, 2.24) is 0 Å². The van der Waals surface area contributed by atoms with Crippen LogP contribution in [-0.4, -0.2) is 12.1 Å². The van der Waals surface area contributed by atoms with E-state index in [1.165, 1.54) is 12.8 Å². The average molecular weight is 365 g/mol. The standard InChI is InChI=1S/C22H40N2O2/c1-13(2)17-9-7-15(5)11-19(17)21(23-25)22(24-26)20-12-16(6)8-10-18(20)14(3)4/h13-22H,7-12H2,1-6H3. The van der Waals surface area contributed by atoms with Crippen molar-refractivity contribution in [3.05, 3.63) is 9.81 Å². The van der Waals surface area contributed by atoms with Crippen LogP contribution in [0.4, 0.5) is 0 Å². The molecule has 0 amide bonds. The highest BCUT2D eigenvalue weighted by Gasteiger charge is 2.47. The van der Waals surface area contributed by atoms with E-state index in [0.717, 1.165) is 25.7 Å². The van der Waals surface area contributed by atoms with E-state index >= 15 is 0 Å². The Balaban J connectivity index is 2.30. The molecule has 2 saturated carbocycles. The van der Waals surface area contributed by atoms with E-state index in [1.807, 2.05) is 0 Å². The number of hydrogen-bond donors (Lipinski definition) is 0. The highest BCUT2D eigenvalue weighted by molar-refractivity contribution is 5.00. The number of nitrogens with zero attached hydrogens (tertiary/aromatic N) is 2. The zero-order valence-corrected chi connectivity index (χ0v) is 17.7. The Morgan fingerprint density at radius 2 is 0.962 bits per heavy atom. The van der Waals surface area contributed by atoms with E-state index in [-0.39, 0.29) is 11.8 Å². The fourth-order valence-electron chi connectivity index (χ4n) is 6.13. The lowest BCUT2D eigenvalue weighted by Crippen LogP contribution is -2.46. The minimum absolute atomic E-state index is 0.212. The monoisotopic (exact) mass is 364 g/mol. The Bertz CT molecular complexity index is 423. The molecule has 4 nitrogen and oxygen atoms in total. The molecule has 0 N–H and O–H groups in total. The largest absolute Gasteiger partial charge is 0.150 e. The first-order valence-corrected chi connectivity index (χ1v) is 10.9. The molecule has 0 heterocycles. The highest BCUT2D eigenvalue weighted by atomic mass is 16.3. The van der Waals surface area contributed by atoms with Gasteiger partial charge in [0.25, 0.3) is 0 Å². The topological polar surface area (TPSA) is 58.9 Å². The SMILES string of the molecule is CC1CCC(C(C)C)C(C(N=O)C(N=O)C2CC(C)CCC2C(C)C)C1. The van der Waals surface area contributed by atoms with Crippen LogP contribution in [0.5, 0.6) is 0 Å². The predicted molar refractivity (Wildman–Crippen MR) is 109 cm³/mol. The lowest BCUT2D eigenvalue weighted by molar-refractivity contribution is 0.0657. The van der Waals surface area contributed by atoms with Crippen molar-refractivity contribution >= 4 is 0 Å². The molecule has 0 aromatic rings. The van der Waals surface area contributed by atoms with Gasteiger partial charge >= 0.3 is 0 Å². The Morgan fingerprint density at radius 1 is 0.615 bits per heavy atom. The third-order valence-electron chi connectivity index (χ3n) is 7.62. The molecule has 8 atom stereocenters. The Labute approximate surface area is 160 Å². The summed E-state index contributed by atoms with van der Waals surface area (Å²) in [5, 5.41) is 7.20. The summed E-state index contributed by atoms with van der Waals surface area (Å²) in [5.74, 6) is 3.65. The summed E-state index contributed by atoms with van der Waals surface area (Å²) in [7, 11) is 0. The van der Waals surface area contributed by atoms with E-state index in [4.69, 9.17) is 0 Å². The zero-order chi connectivity index (χ0) is 19.4. The lowest BCUT2D eigenvalue weighted by atomic mass is 9.61. The van der Waals surface area contributed by atoms with Gasteiger partial charge in [-0.05, 0) is 73.0 Å². The summed E-state index contributed by atoms with van der Waals surface area (Å²) in [6, 6.07) is -0.890. The van der Waals surface area contributed by atoms with Crippen LogP contribution in [0.15, 0.2) is 10.4 Å². The van der Waals surface area contributed by atoms with Crippen LogP contribution in [0.25, 0.3) is 0 Å². The van der Waals surface area contributed by atoms with E-state index in [9.17, 15) is 9.81 Å². The highest BCUT2D eigenvalue weighted by Crippen LogP contribution is 2.47. The molecular weight excluding hydrogens is 324 g/mol. The zero-order valence-electron chi connectivity index (χ0n) is 17.7. The first-order valence-electron chi connectivity index (χ1n) is 10.9. The summed E-state index contributed by atoms with van der Waals surface area (Å²) < 4.78 is 0. The summed E-state index contributed by atoms with van der Waals surface area (Å²) in [4.78, 5) is 24.1. The smallest absolute Gasteiger partial charge is 0.121 e. The molecule has 2 rings (SSSR count). The van der Waals surface area contributed by atoms with Crippen molar-refractivity contribution in [2.24, 2.45) is 57.7 Å². The second-order valence-corrected chi connectivity index (χ2v) is 10.2. The van der Waals surface area contributed by atoms with Crippen molar-refractivity contribution in [2.75, 3.05) is 0 Å². The molecule has 26 heavy (non-hydrogen) atoms. The second-order valence-electron chi connectivity index (χ2n) is 10.2. The van der Waals surface area contributed by atoms with Crippen molar-refractivity contribution < 1.29 is 0 Å². The molecule has 0 bridgehead atoms. The van der Waals surface area contributed by atoms with Gasteiger partial charge in [-0.2, -0.15) is 9.81 Å². The summed E-state index contributed by atoms with van der Waals surface area (Å²) in [6.45, 7) is 13.5. The maximum atomic E-state index is 12.0. The van der Waals surface area contributed by atoms with Gasteiger partial charge in [0.1, 0.15) is 12.1 Å². The van der Waals surface area contributed by atoms with Crippen molar-refractivity contribution in [1.29, 1.82) is 0 Å².